The minimum absolute atomic E-state index is 0.0736. The van der Waals surface area contributed by atoms with Crippen LogP contribution in [0.3, 0.4) is 0 Å². The summed E-state index contributed by atoms with van der Waals surface area (Å²) in [5, 5.41) is 7.07. The van der Waals surface area contributed by atoms with Crippen LogP contribution in [0.1, 0.15) is 11.1 Å². The van der Waals surface area contributed by atoms with Gasteiger partial charge in [0.1, 0.15) is 0 Å². The lowest BCUT2D eigenvalue weighted by Gasteiger charge is -2.08. The van der Waals surface area contributed by atoms with Crippen molar-refractivity contribution in [3.05, 3.63) is 33.8 Å². The monoisotopic (exact) mass is 344 g/mol. The van der Waals surface area contributed by atoms with Gasteiger partial charge >= 0.3 is 0 Å². The second kappa shape index (κ2) is 4.93. The van der Waals surface area contributed by atoms with E-state index in [0.717, 1.165) is 15.6 Å². The molecule has 0 unspecified atom stereocenters. The van der Waals surface area contributed by atoms with Crippen LogP contribution in [0.4, 0.5) is 5.95 Å². The number of nitrogens with two attached hydrogens (primary N) is 1. The molecule has 2 N–H and O–H groups in total. The van der Waals surface area contributed by atoms with E-state index in [2.05, 4.69) is 26.1 Å². The highest BCUT2D eigenvalue weighted by atomic mass is 79.9. The number of nitrogen functional groups attached to an aromatic ring is 1. The largest absolute Gasteiger partial charge is 0.368 e. The highest BCUT2D eigenvalue weighted by molar-refractivity contribution is 9.10. The number of nitrogens with zero attached hydrogens (tertiary/aromatic N) is 3. The van der Waals surface area contributed by atoms with Gasteiger partial charge in [-0.15, -0.1) is 10.2 Å². The van der Waals surface area contributed by atoms with Crippen molar-refractivity contribution in [3.63, 3.8) is 0 Å². The van der Waals surface area contributed by atoms with Crippen LogP contribution in [0.2, 0.25) is 0 Å². The molecule has 0 atom stereocenters. The van der Waals surface area contributed by atoms with E-state index in [0.29, 0.717) is 0 Å². The lowest BCUT2D eigenvalue weighted by atomic mass is 10.1. The number of aromatic nitrogens is 3. The molecule has 0 saturated heterocycles. The SMILES string of the molecule is Cc1c(Br)cccc1CS(=O)(=O)c1nnc(N)n1C. The van der Waals surface area contributed by atoms with Crippen molar-refractivity contribution in [2.24, 2.45) is 7.05 Å². The fraction of sp³-hybridized carbons (Fsp3) is 0.273. The maximum atomic E-state index is 12.3. The zero-order valence-electron chi connectivity index (χ0n) is 10.5. The Morgan fingerprint density at radius 3 is 2.63 bits per heavy atom. The number of anilines is 1. The van der Waals surface area contributed by atoms with Gasteiger partial charge in [-0.1, -0.05) is 28.1 Å². The minimum Gasteiger partial charge on any atom is -0.368 e. The van der Waals surface area contributed by atoms with Crippen molar-refractivity contribution in [1.82, 2.24) is 14.8 Å². The van der Waals surface area contributed by atoms with E-state index >= 15 is 0 Å². The molecule has 1 aromatic carbocycles. The van der Waals surface area contributed by atoms with Gasteiger partial charge in [0.05, 0.1) is 5.75 Å². The third-order valence-corrected chi connectivity index (χ3v) is 5.33. The quantitative estimate of drug-likeness (QED) is 0.909. The highest BCUT2D eigenvalue weighted by Crippen LogP contribution is 2.23. The van der Waals surface area contributed by atoms with Crippen LogP contribution in [0.5, 0.6) is 0 Å². The Morgan fingerprint density at radius 2 is 2.05 bits per heavy atom. The number of rotatable bonds is 3. The first-order chi connectivity index (χ1) is 8.83. The van der Waals surface area contributed by atoms with Crippen LogP contribution in [0, 0.1) is 6.92 Å². The molecule has 0 aliphatic carbocycles. The molecule has 19 heavy (non-hydrogen) atoms. The molecule has 0 bridgehead atoms. The fourth-order valence-corrected chi connectivity index (χ4v) is 3.61. The number of sulfone groups is 1. The number of benzene rings is 1. The van der Waals surface area contributed by atoms with Crippen LogP contribution in [-0.4, -0.2) is 23.2 Å². The molecule has 0 fully saturated rings. The summed E-state index contributed by atoms with van der Waals surface area (Å²) in [4.78, 5) is 0. The lowest BCUT2D eigenvalue weighted by molar-refractivity contribution is 0.577. The van der Waals surface area contributed by atoms with E-state index in [4.69, 9.17) is 5.73 Å². The molecule has 102 valence electrons. The predicted octanol–water partition coefficient (Wildman–Crippen LogP) is 1.44. The van der Waals surface area contributed by atoms with Gasteiger partial charge in [-0.3, -0.25) is 4.57 Å². The fourth-order valence-electron chi connectivity index (χ4n) is 1.67. The first kappa shape index (κ1) is 14.0. The molecular formula is C11H13BrN4O2S. The summed E-state index contributed by atoms with van der Waals surface area (Å²) in [5.74, 6) is -0.0610. The van der Waals surface area contributed by atoms with Crippen molar-refractivity contribution in [1.29, 1.82) is 0 Å². The zero-order valence-corrected chi connectivity index (χ0v) is 12.9. The van der Waals surface area contributed by atoms with Crippen molar-refractivity contribution in [2.45, 2.75) is 17.8 Å². The summed E-state index contributed by atoms with van der Waals surface area (Å²) in [6.07, 6.45) is 0. The molecule has 6 nitrogen and oxygen atoms in total. The molecule has 0 saturated carbocycles. The standard InChI is InChI=1S/C11H13BrN4O2S/c1-7-8(4-3-5-9(7)12)6-19(17,18)11-15-14-10(13)16(11)2/h3-5H,6H2,1-2H3,(H2,13,14). The molecule has 0 aliphatic rings. The van der Waals surface area contributed by atoms with Gasteiger partial charge < -0.3 is 5.73 Å². The maximum Gasteiger partial charge on any atom is 0.251 e. The summed E-state index contributed by atoms with van der Waals surface area (Å²) < 4.78 is 26.7. The Kier molecular flexibility index (Phi) is 3.64. The van der Waals surface area contributed by atoms with Crippen LogP contribution in [0.15, 0.2) is 27.8 Å². The van der Waals surface area contributed by atoms with E-state index < -0.39 is 9.84 Å². The Morgan fingerprint density at radius 1 is 1.37 bits per heavy atom. The van der Waals surface area contributed by atoms with Crippen molar-refractivity contribution >= 4 is 31.7 Å². The smallest absolute Gasteiger partial charge is 0.251 e. The molecule has 0 aliphatic heterocycles. The third-order valence-electron chi connectivity index (χ3n) is 2.87. The van der Waals surface area contributed by atoms with Crippen LogP contribution in [0.25, 0.3) is 0 Å². The molecule has 8 heteroatoms. The van der Waals surface area contributed by atoms with Gasteiger partial charge in [0.2, 0.25) is 15.8 Å². The molecule has 1 heterocycles. The van der Waals surface area contributed by atoms with E-state index in [9.17, 15) is 8.42 Å². The molecule has 0 amide bonds. The van der Waals surface area contributed by atoms with Crippen molar-refractivity contribution in [3.8, 4) is 0 Å². The Bertz CT molecular complexity index is 724. The predicted molar refractivity (Wildman–Crippen MR) is 75.2 cm³/mol. The summed E-state index contributed by atoms with van der Waals surface area (Å²) in [7, 11) is -2.05. The molecule has 2 rings (SSSR count). The Hall–Kier alpha value is -1.41. The van der Waals surface area contributed by atoms with E-state index in [-0.39, 0.29) is 16.9 Å². The zero-order chi connectivity index (χ0) is 14.2. The summed E-state index contributed by atoms with van der Waals surface area (Å²) >= 11 is 3.38. The molecule has 2 aromatic rings. The van der Waals surface area contributed by atoms with E-state index in [1.54, 1.807) is 12.1 Å². The van der Waals surface area contributed by atoms with E-state index in [1.165, 1.54) is 11.6 Å². The topological polar surface area (TPSA) is 90.9 Å². The number of halogens is 1. The van der Waals surface area contributed by atoms with Gasteiger partial charge in [0.25, 0.3) is 5.16 Å². The van der Waals surface area contributed by atoms with Gasteiger partial charge in [-0.25, -0.2) is 8.42 Å². The van der Waals surface area contributed by atoms with Crippen LogP contribution in [-0.2, 0) is 22.6 Å². The second-order valence-electron chi connectivity index (χ2n) is 4.18. The van der Waals surface area contributed by atoms with Gasteiger partial charge in [-0.05, 0) is 24.1 Å². The normalized spacial score (nSPS) is 11.7. The van der Waals surface area contributed by atoms with Crippen molar-refractivity contribution in [2.75, 3.05) is 5.73 Å². The van der Waals surface area contributed by atoms with Gasteiger partial charge in [0, 0.05) is 11.5 Å². The van der Waals surface area contributed by atoms with Crippen LogP contribution < -0.4 is 5.73 Å². The summed E-state index contributed by atoms with van der Waals surface area (Å²) in [6.45, 7) is 1.86. The second-order valence-corrected chi connectivity index (χ2v) is 6.92. The Labute approximate surface area is 119 Å². The van der Waals surface area contributed by atoms with E-state index in [1.807, 2.05) is 13.0 Å². The number of hydrogen-bond acceptors (Lipinski definition) is 5. The minimum atomic E-state index is -3.57. The Balaban J connectivity index is 2.42. The summed E-state index contributed by atoms with van der Waals surface area (Å²) in [5.41, 5.74) is 7.11. The molecule has 1 aromatic heterocycles. The summed E-state index contributed by atoms with van der Waals surface area (Å²) in [6, 6.07) is 5.44. The molecule has 0 spiro atoms. The average Bonchev–Trinajstić information content (AvgIpc) is 2.66. The average molecular weight is 345 g/mol. The first-order valence-electron chi connectivity index (χ1n) is 5.44. The third kappa shape index (κ3) is 2.64. The van der Waals surface area contributed by atoms with Gasteiger partial charge in [0.15, 0.2) is 0 Å². The molecule has 0 radical (unpaired) electrons. The van der Waals surface area contributed by atoms with Crippen molar-refractivity contribution < 1.29 is 8.42 Å². The lowest BCUT2D eigenvalue weighted by Crippen LogP contribution is -2.12. The highest BCUT2D eigenvalue weighted by Gasteiger charge is 2.23. The van der Waals surface area contributed by atoms with Gasteiger partial charge in [-0.2, -0.15) is 0 Å². The maximum absolute atomic E-state index is 12.3. The molecular weight excluding hydrogens is 332 g/mol. The number of hydrogen-bond donors (Lipinski definition) is 1. The van der Waals surface area contributed by atoms with Crippen LogP contribution >= 0.6 is 15.9 Å². The first-order valence-corrected chi connectivity index (χ1v) is 7.89.